The van der Waals surface area contributed by atoms with Crippen LogP contribution in [0.2, 0.25) is 0 Å². The third kappa shape index (κ3) is 2.90. The molecule has 1 aromatic rings. The number of ketones is 1. The zero-order chi connectivity index (χ0) is 13.1. The molecule has 0 aliphatic heterocycles. The molecule has 0 heterocycles. The molecule has 0 spiro atoms. The van der Waals surface area contributed by atoms with Crippen LogP contribution in [0, 0.1) is 3.57 Å². The number of rotatable bonds is 2. The molecule has 1 aliphatic carbocycles. The molecule has 5 heteroatoms. The molecular formula is C13H12INO3. The Balaban J connectivity index is 2.17. The van der Waals surface area contributed by atoms with Crippen LogP contribution in [0.3, 0.4) is 0 Å². The molecule has 0 fully saturated rings. The smallest absolute Gasteiger partial charge is 0.262 e. The molecule has 0 aromatic heterocycles. The second kappa shape index (κ2) is 5.51. The van der Waals surface area contributed by atoms with Crippen molar-refractivity contribution in [3.63, 3.8) is 0 Å². The number of anilines is 1. The molecule has 2 N–H and O–H groups in total. The van der Waals surface area contributed by atoms with Crippen LogP contribution in [0.5, 0.6) is 0 Å². The van der Waals surface area contributed by atoms with Gasteiger partial charge in [0.05, 0.1) is 0 Å². The molecule has 4 nitrogen and oxygen atoms in total. The molecule has 0 radical (unpaired) electrons. The zero-order valence-corrected chi connectivity index (χ0v) is 11.7. The minimum absolute atomic E-state index is 0.0974. The number of allylic oxidation sites excluding steroid dienone is 1. The van der Waals surface area contributed by atoms with Gasteiger partial charge in [-0.15, -0.1) is 0 Å². The lowest BCUT2D eigenvalue weighted by molar-refractivity contribution is -0.121. The van der Waals surface area contributed by atoms with Crippen LogP contribution in [0.15, 0.2) is 35.6 Å². The summed E-state index contributed by atoms with van der Waals surface area (Å²) in [6.45, 7) is 0. The minimum atomic E-state index is -0.529. The first-order chi connectivity index (χ1) is 8.58. The van der Waals surface area contributed by atoms with E-state index >= 15 is 0 Å². The number of hydrogen-bond donors (Lipinski definition) is 2. The quantitative estimate of drug-likeness (QED) is 0.632. The number of aliphatic hydroxyl groups excluding tert-OH is 1. The Morgan fingerprint density at radius 3 is 2.50 bits per heavy atom. The largest absolute Gasteiger partial charge is 0.511 e. The monoisotopic (exact) mass is 357 g/mol. The van der Waals surface area contributed by atoms with Crippen molar-refractivity contribution >= 4 is 40.0 Å². The van der Waals surface area contributed by atoms with Gasteiger partial charge in [0.2, 0.25) is 0 Å². The van der Waals surface area contributed by atoms with Crippen LogP contribution in [-0.4, -0.2) is 16.8 Å². The molecule has 94 valence electrons. The normalized spacial score (nSPS) is 15.7. The number of amides is 1. The first-order valence-electron chi connectivity index (χ1n) is 5.60. The lowest BCUT2D eigenvalue weighted by Gasteiger charge is -2.14. The molecule has 1 amide bonds. The number of Topliss-reactive ketones (excluding diaryl/α,β-unsaturated/α-hetero) is 1. The molecule has 18 heavy (non-hydrogen) atoms. The van der Waals surface area contributed by atoms with E-state index in [2.05, 4.69) is 27.9 Å². The Labute approximate surface area is 118 Å². The van der Waals surface area contributed by atoms with Crippen molar-refractivity contribution in [1.29, 1.82) is 0 Å². The van der Waals surface area contributed by atoms with E-state index in [1.54, 1.807) is 12.1 Å². The van der Waals surface area contributed by atoms with Crippen molar-refractivity contribution < 1.29 is 14.7 Å². The number of hydrogen-bond acceptors (Lipinski definition) is 3. The lowest BCUT2D eigenvalue weighted by atomic mass is 9.95. The van der Waals surface area contributed by atoms with Gasteiger partial charge >= 0.3 is 0 Å². The molecule has 0 saturated heterocycles. The standard InChI is InChI=1S/C13H12INO3/c14-8-4-6-9(7-5-8)15-13(18)12-10(16)2-1-3-11(12)17/h4-7,16H,1-3H2,(H,15,18). The highest BCUT2D eigenvalue weighted by atomic mass is 127. The van der Waals surface area contributed by atoms with Crippen molar-refractivity contribution in [2.75, 3.05) is 5.32 Å². The first-order valence-corrected chi connectivity index (χ1v) is 6.68. The van der Waals surface area contributed by atoms with Gasteiger partial charge in [-0.05, 0) is 53.3 Å². The van der Waals surface area contributed by atoms with E-state index in [9.17, 15) is 14.7 Å². The maximum Gasteiger partial charge on any atom is 0.262 e. The Bertz CT molecular complexity index is 520. The fourth-order valence-corrected chi connectivity index (χ4v) is 2.17. The molecule has 0 saturated carbocycles. The van der Waals surface area contributed by atoms with Gasteiger partial charge in [0.1, 0.15) is 11.3 Å². The van der Waals surface area contributed by atoms with E-state index in [-0.39, 0.29) is 17.1 Å². The van der Waals surface area contributed by atoms with Crippen LogP contribution in [0.25, 0.3) is 0 Å². The molecule has 0 atom stereocenters. The predicted molar refractivity (Wildman–Crippen MR) is 76.3 cm³/mol. The van der Waals surface area contributed by atoms with Crippen LogP contribution in [0.1, 0.15) is 19.3 Å². The number of carbonyl (C=O) groups excluding carboxylic acids is 2. The topological polar surface area (TPSA) is 66.4 Å². The number of carbonyl (C=O) groups is 2. The van der Waals surface area contributed by atoms with Gasteiger partial charge in [-0.25, -0.2) is 0 Å². The average molecular weight is 357 g/mol. The summed E-state index contributed by atoms with van der Waals surface area (Å²) in [7, 11) is 0. The number of aliphatic hydroxyl groups is 1. The number of benzene rings is 1. The summed E-state index contributed by atoms with van der Waals surface area (Å²) in [4.78, 5) is 23.5. The molecule has 0 bridgehead atoms. The summed E-state index contributed by atoms with van der Waals surface area (Å²) in [6.07, 6.45) is 1.31. The van der Waals surface area contributed by atoms with E-state index in [1.165, 1.54) is 0 Å². The van der Waals surface area contributed by atoms with Crippen LogP contribution in [0.4, 0.5) is 5.69 Å². The molecule has 1 aromatic carbocycles. The number of halogens is 1. The lowest BCUT2D eigenvalue weighted by Crippen LogP contribution is -2.24. The second-order valence-electron chi connectivity index (χ2n) is 4.06. The van der Waals surface area contributed by atoms with E-state index in [0.717, 1.165) is 3.57 Å². The maximum absolute atomic E-state index is 11.9. The Morgan fingerprint density at radius 1 is 1.22 bits per heavy atom. The van der Waals surface area contributed by atoms with Gasteiger partial charge in [0, 0.05) is 22.1 Å². The van der Waals surface area contributed by atoms with Crippen molar-refractivity contribution in [2.24, 2.45) is 0 Å². The van der Waals surface area contributed by atoms with E-state index in [4.69, 9.17) is 0 Å². The van der Waals surface area contributed by atoms with E-state index < -0.39 is 5.91 Å². The zero-order valence-electron chi connectivity index (χ0n) is 9.57. The van der Waals surface area contributed by atoms with Crippen molar-refractivity contribution in [2.45, 2.75) is 19.3 Å². The van der Waals surface area contributed by atoms with Gasteiger partial charge < -0.3 is 10.4 Å². The summed E-state index contributed by atoms with van der Waals surface area (Å²) in [5.74, 6) is -0.922. The highest BCUT2D eigenvalue weighted by molar-refractivity contribution is 14.1. The Kier molecular flexibility index (Phi) is 4.00. The predicted octanol–water partition coefficient (Wildman–Crippen LogP) is 2.79. The SMILES string of the molecule is O=C1CCCC(O)=C1C(=O)Nc1ccc(I)cc1. The van der Waals surface area contributed by atoms with Crippen LogP contribution >= 0.6 is 22.6 Å². The van der Waals surface area contributed by atoms with Gasteiger partial charge in [-0.1, -0.05) is 0 Å². The second-order valence-corrected chi connectivity index (χ2v) is 5.31. The van der Waals surface area contributed by atoms with Gasteiger partial charge in [-0.3, -0.25) is 9.59 Å². The van der Waals surface area contributed by atoms with Gasteiger partial charge in [0.25, 0.3) is 5.91 Å². The summed E-state index contributed by atoms with van der Waals surface area (Å²) in [6, 6.07) is 7.22. The fourth-order valence-electron chi connectivity index (χ4n) is 1.81. The summed E-state index contributed by atoms with van der Waals surface area (Å²) in [5, 5.41) is 12.2. The Morgan fingerprint density at radius 2 is 1.89 bits per heavy atom. The van der Waals surface area contributed by atoms with E-state index in [1.807, 2.05) is 12.1 Å². The van der Waals surface area contributed by atoms with E-state index in [0.29, 0.717) is 24.9 Å². The number of nitrogens with one attached hydrogen (secondary N) is 1. The van der Waals surface area contributed by atoms with Crippen LogP contribution in [-0.2, 0) is 9.59 Å². The highest BCUT2D eigenvalue weighted by Gasteiger charge is 2.26. The molecule has 2 rings (SSSR count). The summed E-state index contributed by atoms with van der Waals surface area (Å²) >= 11 is 2.16. The Hall–Kier alpha value is -1.37. The van der Waals surface area contributed by atoms with Crippen molar-refractivity contribution in [1.82, 2.24) is 0 Å². The maximum atomic E-state index is 11.9. The molecule has 0 unspecified atom stereocenters. The van der Waals surface area contributed by atoms with Gasteiger partial charge in [0.15, 0.2) is 5.78 Å². The molecular weight excluding hydrogens is 345 g/mol. The summed E-state index contributed by atoms with van der Waals surface area (Å²) < 4.78 is 1.06. The van der Waals surface area contributed by atoms with Crippen molar-refractivity contribution in [3.8, 4) is 0 Å². The van der Waals surface area contributed by atoms with Crippen molar-refractivity contribution in [3.05, 3.63) is 39.2 Å². The highest BCUT2D eigenvalue weighted by Crippen LogP contribution is 2.21. The third-order valence-electron chi connectivity index (χ3n) is 2.71. The summed E-state index contributed by atoms with van der Waals surface area (Å²) in [5.41, 5.74) is 0.513. The fraction of sp³-hybridized carbons (Fsp3) is 0.231. The average Bonchev–Trinajstić information content (AvgIpc) is 2.32. The third-order valence-corrected chi connectivity index (χ3v) is 3.43. The first kappa shape index (κ1) is 13.1. The minimum Gasteiger partial charge on any atom is -0.511 e. The molecule has 1 aliphatic rings. The van der Waals surface area contributed by atoms with Crippen LogP contribution < -0.4 is 5.32 Å². The van der Waals surface area contributed by atoms with Gasteiger partial charge in [-0.2, -0.15) is 0 Å².